The topological polar surface area (TPSA) is 68.0 Å². The van der Waals surface area contributed by atoms with E-state index in [1.54, 1.807) is 6.92 Å². The minimum absolute atomic E-state index is 0.318. The molecule has 0 saturated carbocycles. The summed E-state index contributed by atoms with van der Waals surface area (Å²) in [6.07, 6.45) is 2.97. The fourth-order valence-electron chi connectivity index (χ4n) is 0.901. The Labute approximate surface area is 81.3 Å². The Kier molecular flexibility index (Phi) is 3.53. The number of carbonyl (C=O) groups is 1. The van der Waals surface area contributed by atoms with Crippen molar-refractivity contribution in [2.45, 2.75) is 19.4 Å². The number of carbonyl (C=O) groups excluding carboxylic acids is 1. The Morgan fingerprint density at radius 1 is 1.71 bits per heavy atom. The molecule has 1 rings (SSSR count). The van der Waals surface area contributed by atoms with E-state index in [0.717, 1.165) is 6.20 Å². The van der Waals surface area contributed by atoms with Crippen molar-refractivity contribution in [3.8, 4) is 0 Å². The normalized spacial score (nSPS) is 12.2. The van der Waals surface area contributed by atoms with Gasteiger partial charge in [-0.25, -0.2) is 4.39 Å². The van der Waals surface area contributed by atoms with Crippen LogP contribution in [0.3, 0.4) is 0 Å². The van der Waals surface area contributed by atoms with Gasteiger partial charge in [-0.2, -0.15) is 0 Å². The van der Waals surface area contributed by atoms with E-state index in [9.17, 15) is 9.18 Å². The van der Waals surface area contributed by atoms with E-state index in [1.165, 1.54) is 12.3 Å². The first-order chi connectivity index (χ1) is 6.63. The second-order valence-corrected chi connectivity index (χ2v) is 2.90. The highest BCUT2D eigenvalue weighted by Gasteiger charge is 2.10. The standard InChI is InChI=1S/C9H12FN3O/c1-2-8(11)9(14)13-7-3-6(10)4-12-5-7/h3-5,8H,2,11H2,1H3,(H,13,14)/t8-/m0/s1. The van der Waals surface area contributed by atoms with Gasteiger partial charge in [-0.05, 0) is 6.42 Å². The van der Waals surface area contributed by atoms with E-state index >= 15 is 0 Å². The van der Waals surface area contributed by atoms with Crippen LogP contribution in [-0.2, 0) is 4.79 Å². The van der Waals surface area contributed by atoms with Crippen molar-refractivity contribution in [3.63, 3.8) is 0 Å². The van der Waals surface area contributed by atoms with Crippen LogP contribution < -0.4 is 11.1 Å². The first-order valence-electron chi connectivity index (χ1n) is 4.30. The van der Waals surface area contributed by atoms with Crippen LogP contribution >= 0.6 is 0 Å². The van der Waals surface area contributed by atoms with Crippen LogP contribution in [0.5, 0.6) is 0 Å². The highest BCUT2D eigenvalue weighted by Crippen LogP contribution is 2.07. The lowest BCUT2D eigenvalue weighted by Gasteiger charge is -2.09. The van der Waals surface area contributed by atoms with Gasteiger partial charge in [-0.15, -0.1) is 0 Å². The van der Waals surface area contributed by atoms with Gasteiger partial charge in [0.05, 0.1) is 24.1 Å². The third-order valence-corrected chi connectivity index (χ3v) is 1.75. The summed E-state index contributed by atoms with van der Waals surface area (Å²) in [7, 11) is 0. The van der Waals surface area contributed by atoms with Crippen LogP contribution in [0.15, 0.2) is 18.5 Å². The molecular weight excluding hydrogens is 185 g/mol. The molecular formula is C9H12FN3O. The van der Waals surface area contributed by atoms with Crippen LogP contribution in [-0.4, -0.2) is 16.9 Å². The molecule has 14 heavy (non-hydrogen) atoms. The Morgan fingerprint density at radius 2 is 2.43 bits per heavy atom. The minimum Gasteiger partial charge on any atom is -0.323 e. The van der Waals surface area contributed by atoms with Gasteiger partial charge in [0.15, 0.2) is 0 Å². The molecule has 1 heterocycles. The number of rotatable bonds is 3. The van der Waals surface area contributed by atoms with Crippen molar-refractivity contribution < 1.29 is 9.18 Å². The second-order valence-electron chi connectivity index (χ2n) is 2.90. The Hall–Kier alpha value is -1.49. The summed E-state index contributed by atoms with van der Waals surface area (Å²) in [5.74, 6) is -0.826. The van der Waals surface area contributed by atoms with Crippen molar-refractivity contribution in [2.24, 2.45) is 5.73 Å². The molecule has 0 spiro atoms. The Balaban J connectivity index is 2.65. The number of nitrogens with zero attached hydrogens (tertiary/aromatic N) is 1. The molecule has 4 nitrogen and oxygen atoms in total. The van der Waals surface area contributed by atoms with Crippen LogP contribution in [0.2, 0.25) is 0 Å². The number of hydrogen-bond acceptors (Lipinski definition) is 3. The first-order valence-corrected chi connectivity index (χ1v) is 4.30. The van der Waals surface area contributed by atoms with E-state index in [4.69, 9.17) is 5.73 Å². The fourth-order valence-corrected chi connectivity index (χ4v) is 0.901. The summed E-state index contributed by atoms with van der Waals surface area (Å²) in [5.41, 5.74) is 5.79. The summed E-state index contributed by atoms with van der Waals surface area (Å²) < 4.78 is 12.7. The maximum Gasteiger partial charge on any atom is 0.241 e. The van der Waals surface area contributed by atoms with Gasteiger partial charge in [0, 0.05) is 6.07 Å². The number of nitrogens with one attached hydrogen (secondary N) is 1. The van der Waals surface area contributed by atoms with Gasteiger partial charge < -0.3 is 11.1 Å². The molecule has 76 valence electrons. The molecule has 1 atom stereocenters. The molecule has 1 amide bonds. The van der Waals surface area contributed by atoms with Crippen LogP contribution in [0.25, 0.3) is 0 Å². The minimum atomic E-state index is -0.571. The molecule has 0 aliphatic rings. The molecule has 3 N–H and O–H groups in total. The molecule has 0 radical (unpaired) electrons. The van der Waals surface area contributed by atoms with Crippen molar-refractivity contribution >= 4 is 11.6 Å². The lowest BCUT2D eigenvalue weighted by atomic mass is 10.2. The van der Waals surface area contributed by atoms with Crippen molar-refractivity contribution in [1.82, 2.24) is 4.98 Å². The summed E-state index contributed by atoms with van der Waals surface area (Å²) in [6, 6.07) is 0.617. The molecule has 0 aliphatic heterocycles. The van der Waals surface area contributed by atoms with Gasteiger partial charge in [0.1, 0.15) is 5.82 Å². The zero-order chi connectivity index (χ0) is 10.6. The summed E-state index contributed by atoms with van der Waals surface area (Å²) in [4.78, 5) is 14.9. The lowest BCUT2D eigenvalue weighted by molar-refractivity contribution is -0.117. The van der Waals surface area contributed by atoms with Crippen molar-refractivity contribution in [2.75, 3.05) is 5.32 Å². The number of hydrogen-bond donors (Lipinski definition) is 2. The smallest absolute Gasteiger partial charge is 0.241 e. The maximum absolute atomic E-state index is 12.7. The van der Waals surface area contributed by atoms with E-state index in [-0.39, 0.29) is 5.91 Å². The average molecular weight is 197 g/mol. The van der Waals surface area contributed by atoms with Crippen LogP contribution in [0.1, 0.15) is 13.3 Å². The van der Waals surface area contributed by atoms with Crippen LogP contribution in [0.4, 0.5) is 10.1 Å². The third-order valence-electron chi connectivity index (χ3n) is 1.75. The zero-order valence-electron chi connectivity index (χ0n) is 7.83. The fraction of sp³-hybridized carbons (Fsp3) is 0.333. The molecule has 0 aliphatic carbocycles. The molecule has 0 bridgehead atoms. The SMILES string of the molecule is CC[C@H](N)C(=O)Nc1cncc(F)c1. The first kappa shape index (κ1) is 10.6. The van der Waals surface area contributed by atoms with Gasteiger partial charge in [0.25, 0.3) is 0 Å². The maximum atomic E-state index is 12.7. The third kappa shape index (κ3) is 2.77. The van der Waals surface area contributed by atoms with Gasteiger partial charge in [-0.3, -0.25) is 9.78 Å². The average Bonchev–Trinajstić information content (AvgIpc) is 2.16. The van der Waals surface area contributed by atoms with Gasteiger partial charge in [0.2, 0.25) is 5.91 Å². The van der Waals surface area contributed by atoms with E-state index in [2.05, 4.69) is 10.3 Å². The number of aromatic nitrogens is 1. The highest BCUT2D eigenvalue weighted by molar-refractivity contribution is 5.94. The molecule has 5 heteroatoms. The molecule has 1 aromatic heterocycles. The Bertz CT molecular complexity index is 330. The zero-order valence-corrected chi connectivity index (χ0v) is 7.83. The number of amides is 1. The molecule has 0 fully saturated rings. The second kappa shape index (κ2) is 4.66. The highest BCUT2D eigenvalue weighted by atomic mass is 19.1. The molecule has 0 unspecified atom stereocenters. The quantitative estimate of drug-likeness (QED) is 0.756. The number of halogens is 1. The summed E-state index contributed by atoms with van der Waals surface area (Å²) in [5, 5.41) is 2.47. The Morgan fingerprint density at radius 3 is 3.00 bits per heavy atom. The predicted molar refractivity (Wildman–Crippen MR) is 51.1 cm³/mol. The number of nitrogens with two attached hydrogens (primary N) is 1. The van der Waals surface area contributed by atoms with E-state index < -0.39 is 11.9 Å². The van der Waals surface area contributed by atoms with Crippen molar-refractivity contribution in [1.29, 1.82) is 0 Å². The molecule has 0 saturated heterocycles. The van der Waals surface area contributed by atoms with Crippen LogP contribution in [0, 0.1) is 5.82 Å². The number of anilines is 1. The summed E-state index contributed by atoms with van der Waals surface area (Å²) >= 11 is 0. The largest absolute Gasteiger partial charge is 0.323 e. The van der Waals surface area contributed by atoms with Crippen molar-refractivity contribution in [3.05, 3.63) is 24.3 Å². The molecule has 1 aromatic rings. The monoisotopic (exact) mass is 197 g/mol. The molecule has 0 aromatic carbocycles. The van der Waals surface area contributed by atoms with E-state index in [1.807, 2.05) is 0 Å². The predicted octanol–water partition coefficient (Wildman–Crippen LogP) is 0.896. The van der Waals surface area contributed by atoms with E-state index in [0.29, 0.717) is 12.1 Å². The van der Waals surface area contributed by atoms with Gasteiger partial charge in [-0.1, -0.05) is 6.92 Å². The summed E-state index contributed by atoms with van der Waals surface area (Å²) in [6.45, 7) is 1.80. The van der Waals surface area contributed by atoms with Gasteiger partial charge >= 0.3 is 0 Å². The number of pyridine rings is 1. The lowest BCUT2D eigenvalue weighted by Crippen LogP contribution is -2.34.